The lowest BCUT2D eigenvalue weighted by Gasteiger charge is -2.70. The van der Waals surface area contributed by atoms with Crippen molar-refractivity contribution < 1.29 is 38.4 Å². The standard InChI is InChI=1S/C34H38O8/c1-21-12-11-17-24-31(21,2)27(40-29(37)22-13-7-5-8-14-22)28(41-30(38)23-15-9-6-10-16-23)33(4)32(24,3)25(35)18-34(42-33)19-26(36)39-20-34/h5-10,13-16,24-25,27-28,35H,1,11-12,17-20H2,2-4H3/t24-,25-,27-,28-,31-,32-,33-,34-/m0/s1. The maximum atomic E-state index is 13.7. The first kappa shape index (κ1) is 28.6. The number of aliphatic hydroxyl groups is 1. The van der Waals surface area contributed by atoms with Crippen LogP contribution in [0.3, 0.4) is 0 Å². The molecule has 222 valence electrons. The Bertz CT molecular complexity index is 1410. The van der Waals surface area contributed by atoms with Crippen LogP contribution in [-0.2, 0) is 23.7 Å². The third-order valence-corrected chi connectivity index (χ3v) is 10.8. The van der Waals surface area contributed by atoms with E-state index < -0.39 is 58.3 Å². The number of fused-ring (bicyclic) bond motifs is 3. The average Bonchev–Trinajstić information content (AvgIpc) is 3.33. The second kappa shape index (κ2) is 10.1. The molecule has 1 N–H and O–H groups in total. The number of carbonyl (C=O) groups is 3. The minimum absolute atomic E-state index is 0.0168. The Morgan fingerprint density at radius 3 is 2.05 bits per heavy atom. The number of carbonyl (C=O) groups excluding carboxylic acids is 3. The Morgan fingerprint density at radius 2 is 1.50 bits per heavy atom. The van der Waals surface area contributed by atoms with Crippen molar-refractivity contribution >= 4 is 17.9 Å². The monoisotopic (exact) mass is 574 g/mol. The van der Waals surface area contributed by atoms with Gasteiger partial charge in [-0.25, -0.2) is 9.59 Å². The Labute approximate surface area is 246 Å². The molecular formula is C34H38O8. The third-order valence-electron chi connectivity index (χ3n) is 10.8. The normalized spacial score (nSPS) is 39.1. The largest absolute Gasteiger partial charge is 0.462 e. The molecule has 2 saturated heterocycles. The van der Waals surface area contributed by atoms with E-state index in [1.54, 1.807) is 54.6 Å². The van der Waals surface area contributed by atoms with E-state index >= 15 is 0 Å². The second-order valence-corrected chi connectivity index (χ2v) is 12.9. The van der Waals surface area contributed by atoms with Gasteiger partial charge in [0.2, 0.25) is 0 Å². The molecule has 8 atom stereocenters. The van der Waals surface area contributed by atoms with Gasteiger partial charge >= 0.3 is 17.9 Å². The fourth-order valence-electron chi connectivity index (χ4n) is 8.35. The van der Waals surface area contributed by atoms with Crippen LogP contribution in [0.4, 0.5) is 0 Å². The summed E-state index contributed by atoms with van der Waals surface area (Å²) in [7, 11) is 0. The van der Waals surface area contributed by atoms with E-state index in [0.29, 0.717) is 17.5 Å². The Balaban J connectivity index is 1.53. The molecule has 0 radical (unpaired) electrons. The second-order valence-electron chi connectivity index (χ2n) is 12.9. The van der Waals surface area contributed by atoms with Crippen molar-refractivity contribution in [3.05, 3.63) is 83.9 Å². The molecule has 2 heterocycles. The van der Waals surface area contributed by atoms with Crippen molar-refractivity contribution in [2.24, 2.45) is 16.7 Å². The van der Waals surface area contributed by atoms with Crippen LogP contribution in [0.25, 0.3) is 0 Å². The predicted molar refractivity (Wildman–Crippen MR) is 152 cm³/mol. The minimum atomic E-state index is -1.37. The van der Waals surface area contributed by atoms with Gasteiger partial charge in [-0.3, -0.25) is 4.79 Å². The molecule has 8 nitrogen and oxygen atoms in total. The van der Waals surface area contributed by atoms with Crippen molar-refractivity contribution in [3.8, 4) is 0 Å². The van der Waals surface area contributed by atoms with Gasteiger partial charge in [-0.2, -0.15) is 0 Å². The van der Waals surface area contributed by atoms with Crippen LogP contribution >= 0.6 is 0 Å². The Kier molecular flexibility index (Phi) is 6.85. The Hall–Kier alpha value is -3.49. The highest BCUT2D eigenvalue weighted by molar-refractivity contribution is 5.90. The number of benzene rings is 2. The number of aliphatic hydroxyl groups excluding tert-OH is 1. The highest BCUT2D eigenvalue weighted by atomic mass is 16.6. The van der Waals surface area contributed by atoms with Crippen LogP contribution in [0.5, 0.6) is 0 Å². The summed E-state index contributed by atoms with van der Waals surface area (Å²) in [6, 6.07) is 17.3. The van der Waals surface area contributed by atoms with Gasteiger partial charge in [0.1, 0.15) is 17.8 Å². The zero-order chi connectivity index (χ0) is 29.9. The first-order valence-corrected chi connectivity index (χ1v) is 14.7. The van der Waals surface area contributed by atoms with Crippen LogP contribution in [0, 0.1) is 16.7 Å². The lowest BCUT2D eigenvalue weighted by molar-refractivity contribution is -0.362. The summed E-state index contributed by atoms with van der Waals surface area (Å²) in [5.74, 6) is -1.81. The summed E-state index contributed by atoms with van der Waals surface area (Å²) in [6.07, 6.45) is -0.626. The molecule has 4 aliphatic rings. The van der Waals surface area contributed by atoms with Crippen molar-refractivity contribution in [2.75, 3.05) is 6.61 Å². The maximum absolute atomic E-state index is 13.7. The van der Waals surface area contributed by atoms with Gasteiger partial charge in [0.05, 0.1) is 23.7 Å². The van der Waals surface area contributed by atoms with Crippen molar-refractivity contribution in [3.63, 3.8) is 0 Å². The summed E-state index contributed by atoms with van der Waals surface area (Å²) < 4.78 is 25.1. The summed E-state index contributed by atoms with van der Waals surface area (Å²) in [5, 5.41) is 12.1. The summed E-state index contributed by atoms with van der Waals surface area (Å²) in [6.45, 7) is 10.2. The van der Waals surface area contributed by atoms with Crippen molar-refractivity contribution in [1.82, 2.24) is 0 Å². The van der Waals surface area contributed by atoms with E-state index in [0.717, 1.165) is 18.4 Å². The van der Waals surface area contributed by atoms with Gasteiger partial charge in [-0.15, -0.1) is 0 Å². The summed E-state index contributed by atoms with van der Waals surface area (Å²) in [4.78, 5) is 39.8. The molecule has 2 saturated carbocycles. The molecule has 4 fully saturated rings. The van der Waals surface area contributed by atoms with Gasteiger partial charge in [-0.1, -0.05) is 62.4 Å². The minimum Gasteiger partial charge on any atom is -0.462 e. The van der Waals surface area contributed by atoms with Crippen LogP contribution in [0.2, 0.25) is 0 Å². The predicted octanol–water partition coefficient (Wildman–Crippen LogP) is 5.05. The number of rotatable bonds is 4. The molecule has 42 heavy (non-hydrogen) atoms. The van der Waals surface area contributed by atoms with Crippen LogP contribution in [0.1, 0.15) is 73.6 Å². The molecule has 2 aliphatic heterocycles. The highest BCUT2D eigenvalue weighted by Crippen LogP contribution is 2.69. The molecule has 0 amide bonds. The fraction of sp³-hybridized carbons (Fsp3) is 0.500. The number of ether oxygens (including phenoxy) is 4. The first-order valence-electron chi connectivity index (χ1n) is 14.7. The van der Waals surface area contributed by atoms with Gasteiger partial charge < -0.3 is 24.1 Å². The first-order chi connectivity index (χ1) is 19.9. The SMILES string of the molecule is C=C1CCC[C@H]2[C@@]1(C)[C@@H](OC(=O)c1ccccc1)[C@H](OC(=O)c1ccccc1)[C@]1(C)O[C@@]3(COC(=O)C3)C[C@H](O)[C@]21C. The van der Waals surface area contributed by atoms with Crippen LogP contribution in [0.15, 0.2) is 72.8 Å². The van der Waals surface area contributed by atoms with Crippen molar-refractivity contribution in [2.45, 2.75) is 82.4 Å². The third kappa shape index (κ3) is 4.14. The van der Waals surface area contributed by atoms with Crippen LogP contribution in [-0.4, -0.2) is 59.1 Å². The molecule has 2 aromatic carbocycles. The zero-order valence-electron chi connectivity index (χ0n) is 24.3. The Morgan fingerprint density at radius 1 is 0.929 bits per heavy atom. The number of hydrogen-bond donors (Lipinski definition) is 1. The molecule has 2 aromatic rings. The summed E-state index contributed by atoms with van der Waals surface area (Å²) >= 11 is 0. The van der Waals surface area contributed by atoms with Gasteiger partial charge in [-0.05, 0) is 56.4 Å². The number of esters is 3. The van der Waals surface area contributed by atoms with E-state index in [9.17, 15) is 19.5 Å². The average molecular weight is 575 g/mol. The fourth-order valence-corrected chi connectivity index (χ4v) is 8.35. The summed E-state index contributed by atoms with van der Waals surface area (Å²) in [5.41, 5.74) is -2.71. The molecule has 2 aliphatic carbocycles. The van der Waals surface area contributed by atoms with Gasteiger partial charge in [0.25, 0.3) is 0 Å². The molecule has 6 rings (SSSR count). The van der Waals surface area contributed by atoms with E-state index in [-0.39, 0.29) is 25.4 Å². The molecule has 0 unspecified atom stereocenters. The molecule has 0 bridgehead atoms. The molecule has 0 aromatic heterocycles. The van der Waals surface area contributed by atoms with E-state index in [2.05, 4.69) is 6.58 Å². The van der Waals surface area contributed by atoms with E-state index in [1.165, 1.54) is 0 Å². The highest BCUT2D eigenvalue weighted by Gasteiger charge is 2.77. The van der Waals surface area contributed by atoms with Gasteiger partial charge in [0, 0.05) is 17.3 Å². The topological polar surface area (TPSA) is 108 Å². The van der Waals surface area contributed by atoms with Crippen molar-refractivity contribution in [1.29, 1.82) is 0 Å². The zero-order valence-corrected chi connectivity index (χ0v) is 24.3. The van der Waals surface area contributed by atoms with Gasteiger partial charge in [0.15, 0.2) is 12.2 Å². The molecule has 1 spiro atoms. The smallest absolute Gasteiger partial charge is 0.338 e. The number of hydrogen-bond acceptors (Lipinski definition) is 8. The lowest BCUT2D eigenvalue weighted by Crippen LogP contribution is -2.80. The van der Waals surface area contributed by atoms with E-state index in [1.807, 2.05) is 26.8 Å². The lowest BCUT2D eigenvalue weighted by atomic mass is 9.41. The molecule has 8 heteroatoms. The van der Waals surface area contributed by atoms with E-state index in [4.69, 9.17) is 18.9 Å². The molecular weight excluding hydrogens is 536 g/mol. The van der Waals surface area contributed by atoms with Crippen LogP contribution < -0.4 is 0 Å². The quantitative estimate of drug-likeness (QED) is 0.307. The maximum Gasteiger partial charge on any atom is 0.338 e. The number of cyclic esters (lactones) is 1.